The van der Waals surface area contributed by atoms with Gasteiger partial charge < -0.3 is 4.57 Å². The Kier molecular flexibility index (Phi) is 5.28. The van der Waals surface area contributed by atoms with Crippen molar-refractivity contribution in [3.05, 3.63) is 224 Å². The van der Waals surface area contributed by atoms with Gasteiger partial charge in [0.15, 0.2) is 11.6 Å². The van der Waals surface area contributed by atoms with Crippen LogP contribution in [-0.2, 0) is 0 Å². The number of hydrogen-bond acceptors (Lipinski definition) is 3. The van der Waals surface area contributed by atoms with Crippen LogP contribution >= 0.6 is 0 Å². The van der Waals surface area contributed by atoms with Gasteiger partial charge in [0.2, 0.25) is 5.95 Å². The van der Waals surface area contributed by atoms with Gasteiger partial charge in [-0.1, -0.05) is 188 Å². The molecule has 290 valence electrons. The van der Waals surface area contributed by atoms with Crippen molar-refractivity contribution in [3.63, 3.8) is 0 Å². The van der Waals surface area contributed by atoms with Gasteiger partial charge in [0.05, 0.1) is 51.1 Å². The molecule has 0 spiro atoms. The molecule has 0 atom stereocenters. The molecule has 0 aliphatic heterocycles. The van der Waals surface area contributed by atoms with Crippen molar-refractivity contribution in [2.75, 3.05) is 0 Å². The lowest BCUT2D eigenvalue weighted by Crippen LogP contribution is -2.07. The highest BCUT2D eigenvalue weighted by atomic mass is 15.2. The second kappa shape index (κ2) is 14.7. The number of benzene rings is 9. The molecule has 0 aliphatic rings. The third-order valence-electron chi connectivity index (χ3n) is 10.8. The smallest absolute Gasteiger partial charge is 0.238 e. The first-order chi connectivity index (χ1) is 37.8. The van der Waals surface area contributed by atoms with Gasteiger partial charge in [-0.25, -0.2) is 4.98 Å². The third kappa shape index (κ3) is 5.98. The summed E-state index contributed by atoms with van der Waals surface area (Å²) in [4.78, 5) is 14.7. The molecule has 0 bridgehead atoms. The number of fused-ring (bicyclic) bond motifs is 6. The van der Waals surface area contributed by atoms with Crippen molar-refractivity contribution in [2.45, 2.75) is 0 Å². The van der Waals surface area contributed by atoms with Crippen LogP contribution in [0.1, 0.15) is 23.3 Å². The highest BCUT2D eigenvalue weighted by Gasteiger charge is 2.22. The summed E-state index contributed by atoms with van der Waals surface area (Å²) in [6.07, 6.45) is 0. The van der Waals surface area contributed by atoms with Gasteiger partial charge in [-0.3, -0.25) is 4.57 Å². The lowest BCUT2D eigenvalue weighted by molar-refractivity contribution is 0.951. The van der Waals surface area contributed by atoms with Gasteiger partial charge in [-0.2, -0.15) is 9.97 Å². The summed E-state index contributed by atoms with van der Waals surface area (Å²) in [5.74, 6) is -1.22. The van der Waals surface area contributed by atoms with Crippen molar-refractivity contribution in [2.24, 2.45) is 0 Å². The summed E-state index contributed by atoms with van der Waals surface area (Å²) in [5, 5.41) is 1.21. The van der Waals surface area contributed by atoms with Gasteiger partial charge in [0, 0.05) is 32.7 Å². The zero-order valence-electron chi connectivity index (χ0n) is 49.3. The quantitative estimate of drug-likeness (QED) is 0.161. The first-order valence-corrected chi connectivity index (χ1v) is 19.6. The lowest BCUT2D eigenvalue weighted by Gasteiger charge is -2.16. The van der Waals surface area contributed by atoms with Crippen molar-refractivity contribution in [1.82, 2.24) is 24.1 Å². The van der Waals surface area contributed by atoms with Crippen LogP contribution in [0.5, 0.6) is 0 Å². The number of nitrogens with zero attached hydrogens (tertiary/aromatic N) is 5. The first kappa shape index (κ1) is 22.3. The molecule has 12 aromatic rings. The molecule has 5 heteroatoms. The first-order valence-electron chi connectivity index (χ1n) is 28.1. The third-order valence-corrected chi connectivity index (χ3v) is 10.8. The minimum absolute atomic E-state index is 0.188. The van der Waals surface area contributed by atoms with Crippen molar-refractivity contribution >= 4 is 43.6 Å². The van der Waals surface area contributed by atoms with Crippen LogP contribution in [0.2, 0.25) is 0 Å². The normalized spacial score (nSPS) is 15.4. The van der Waals surface area contributed by atoms with E-state index < -0.39 is 131 Å². The highest BCUT2D eigenvalue weighted by molar-refractivity contribution is 6.12. The minimum Gasteiger partial charge on any atom is -0.308 e. The summed E-state index contributed by atoms with van der Waals surface area (Å²) in [7, 11) is 0. The Morgan fingerprint density at radius 2 is 0.823 bits per heavy atom. The maximum atomic E-state index is 9.52. The monoisotopic (exact) mass is 808 g/mol. The second-order valence-corrected chi connectivity index (χ2v) is 14.4. The van der Waals surface area contributed by atoms with E-state index in [0.717, 1.165) is 48.6 Å². The second-order valence-electron chi connectivity index (χ2n) is 14.4. The molecule has 12 rings (SSSR count). The maximum Gasteiger partial charge on any atom is 0.238 e. The Bertz CT molecular complexity index is 4410. The maximum absolute atomic E-state index is 9.52. The van der Waals surface area contributed by atoms with Gasteiger partial charge >= 0.3 is 0 Å². The standard InChI is InChI=1S/C57H37N5/c1-4-16-38(17-5-1)41-28-30-42(31-29-41)55-58-56(60-57(59-55)62-50-25-13-10-22-45(50)46-23-11-14-26-51(46)62)49-24-12-15-27-52(49)61-53-36-43(39-18-6-2-7-19-39)32-34-47(53)48-35-33-44(37-54(48)61)40-20-8-3-9-21-40/h1-37H/i1D,4D,5D,10D,11D,13D,14D,16D,17D,22D,23D,25D,26D,28D,29D,30D,31D. The number of hydrogen-bond donors (Lipinski definition) is 0. The fourth-order valence-corrected chi connectivity index (χ4v) is 8.00. The summed E-state index contributed by atoms with van der Waals surface area (Å²) in [5.41, 5.74) is 3.60. The summed E-state index contributed by atoms with van der Waals surface area (Å²) >= 11 is 0. The SMILES string of the molecule is [2H]c1c([2H])c([2H])c(-c2c([2H])c([2H])c(-c3nc(-c4ccccc4-n4c5cc(-c6ccccc6)ccc5c5ccc(-c6ccccc6)cc54)nc(-n4c5c([2H])c([2H])c([2H])c([2H])c5c5c([2H])c([2H])c([2H])c([2H])c54)n3)c([2H])c2[2H])c([2H])c1[2H]. The average Bonchev–Trinajstić information content (AvgIpc) is 4.03. The zero-order valence-corrected chi connectivity index (χ0v) is 32.3. The Balaban J connectivity index is 1.22. The van der Waals surface area contributed by atoms with E-state index >= 15 is 0 Å². The Morgan fingerprint density at radius 3 is 1.44 bits per heavy atom. The van der Waals surface area contributed by atoms with Crippen molar-refractivity contribution < 1.29 is 23.3 Å². The van der Waals surface area contributed by atoms with Crippen LogP contribution in [0.25, 0.3) is 111 Å². The fourth-order valence-electron chi connectivity index (χ4n) is 8.00. The molecule has 0 radical (unpaired) electrons. The van der Waals surface area contributed by atoms with E-state index in [2.05, 4.69) is 12.1 Å². The summed E-state index contributed by atoms with van der Waals surface area (Å²) in [6, 6.07) is 26.6. The summed E-state index contributed by atoms with van der Waals surface area (Å²) in [6.45, 7) is 0. The molecule has 3 heterocycles. The number of para-hydroxylation sites is 3. The van der Waals surface area contributed by atoms with Crippen LogP contribution in [0.3, 0.4) is 0 Å². The average molecular weight is 809 g/mol. The van der Waals surface area contributed by atoms with E-state index in [1.54, 1.807) is 12.1 Å². The predicted molar refractivity (Wildman–Crippen MR) is 256 cm³/mol. The molecule has 9 aromatic carbocycles. The Hall–Kier alpha value is -8.41. The Morgan fingerprint density at radius 1 is 0.323 bits per heavy atom. The molecule has 62 heavy (non-hydrogen) atoms. The minimum atomic E-state index is -0.813. The van der Waals surface area contributed by atoms with E-state index in [9.17, 15) is 8.22 Å². The molecule has 0 fully saturated rings. The van der Waals surface area contributed by atoms with Crippen LogP contribution in [0.4, 0.5) is 0 Å². The Labute approximate surface area is 382 Å². The molecule has 0 saturated heterocycles. The topological polar surface area (TPSA) is 48.5 Å². The number of rotatable bonds is 7. The van der Waals surface area contributed by atoms with Crippen LogP contribution < -0.4 is 0 Å². The lowest BCUT2D eigenvalue weighted by atomic mass is 10.0. The van der Waals surface area contributed by atoms with Crippen molar-refractivity contribution in [3.8, 4) is 67.8 Å². The van der Waals surface area contributed by atoms with Gasteiger partial charge in [-0.05, 0) is 69.7 Å². The molecule has 0 N–H and O–H groups in total. The van der Waals surface area contributed by atoms with E-state index in [1.165, 1.54) is 0 Å². The molecule has 0 saturated carbocycles. The van der Waals surface area contributed by atoms with E-state index in [1.807, 2.05) is 102 Å². The van der Waals surface area contributed by atoms with Gasteiger partial charge in [-0.15, -0.1) is 0 Å². The molecule has 5 nitrogen and oxygen atoms in total. The van der Waals surface area contributed by atoms with E-state index in [0.29, 0.717) is 5.69 Å². The van der Waals surface area contributed by atoms with Gasteiger partial charge in [0.1, 0.15) is 0 Å². The molecule has 3 aromatic heterocycles. The molecular weight excluding hydrogens is 755 g/mol. The number of aromatic nitrogens is 5. The van der Waals surface area contributed by atoms with E-state index in [-0.39, 0.29) is 33.2 Å². The van der Waals surface area contributed by atoms with Gasteiger partial charge in [0.25, 0.3) is 0 Å². The highest BCUT2D eigenvalue weighted by Crippen LogP contribution is 2.40. The van der Waals surface area contributed by atoms with Crippen molar-refractivity contribution in [1.29, 1.82) is 0 Å². The molecular formula is C57H37N5. The van der Waals surface area contributed by atoms with Crippen LogP contribution in [-0.4, -0.2) is 24.1 Å². The largest absolute Gasteiger partial charge is 0.308 e. The van der Waals surface area contributed by atoms with E-state index in [4.69, 9.17) is 30.0 Å². The molecule has 0 unspecified atom stereocenters. The predicted octanol–water partition coefficient (Wildman–Crippen LogP) is 14.4. The summed E-state index contributed by atoms with van der Waals surface area (Å²) < 4.78 is 155. The molecule has 0 amide bonds. The fraction of sp³-hybridized carbons (Fsp3) is 0. The molecule has 0 aliphatic carbocycles. The zero-order chi connectivity index (χ0) is 55.8. The van der Waals surface area contributed by atoms with Crippen LogP contribution in [0.15, 0.2) is 224 Å². The van der Waals surface area contributed by atoms with Crippen LogP contribution in [0, 0.1) is 0 Å².